The van der Waals surface area contributed by atoms with Gasteiger partial charge in [0, 0.05) is 29.6 Å². The number of rotatable bonds is 7. The number of hydrogen-bond acceptors (Lipinski definition) is 7. The van der Waals surface area contributed by atoms with E-state index in [2.05, 4.69) is 42.4 Å². The highest BCUT2D eigenvalue weighted by Gasteiger charge is 2.80. The minimum atomic E-state index is -4.86. The standard InChI is InChI=1S/C29H30ClF3N5O2P/c1-41(2,39)23-12-19(40-29(31,32)33)9-10-22(23)36-27-21(30)13-34-28(37-27)35-17-6-3-15-4-7-18(8-5-16(15)11-17)38-14-20-24-25(20)26(24)38/h3,6,9-13,18,20,24-26H,4-5,7-8,14H2,1-2H3,(H2,34,35,36,37). The first kappa shape index (κ1) is 27.0. The van der Waals surface area contributed by atoms with Gasteiger partial charge >= 0.3 is 6.36 Å². The number of aromatic nitrogens is 2. The number of fused-ring (bicyclic) bond motifs is 2. The van der Waals surface area contributed by atoms with Gasteiger partial charge in [0.2, 0.25) is 5.95 Å². The van der Waals surface area contributed by atoms with Crippen LogP contribution < -0.4 is 20.7 Å². The molecule has 3 heterocycles. The normalized spacial score (nSPS) is 26.5. The fourth-order valence-electron chi connectivity index (χ4n) is 6.91. The van der Waals surface area contributed by atoms with Crippen LogP contribution in [0.15, 0.2) is 42.6 Å². The summed E-state index contributed by atoms with van der Waals surface area (Å²) >= 11 is 6.37. The molecule has 1 aromatic heterocycles. The second kappa shape index (κ2) is 9.61. The first-order valence-corrected chi connectivity index (χ1v) is 16.8. The second-order valence-corrected chi connectivity index (χ2v) is 15.5. The molecule has 8 rings (SSSR count). The van der Waals surface area contributed by atoms with Crippen LogP contribution in [-0.2, 0) is 17.4 Å². The molecule has 216 valence electrons. The van der Waals surface area contributed by atoms with Crippen molar-refractivity contribution < 1.29 is 22.5 Å². The number of nitrogens with one attached hydrogen (secondary N) is 2. The fraction of sp³-hybridized carbons (Fsp3) is 0.448. The van der Waals surface area contributed by atoms with Crippen molar-refractivity contribution in [1.82, 2.24) is 14.9 Å². The molecule has 2 aliphatic heterocycles. The van der Waals surface area contributed by atoms with E-state index >= 15 is 0 Å². The minimum absolute atomic E-state index is 0.181. The first-order chi connectivity index (χ1) is 19.4. The van der Waals surface area contributed by atoms with Gasteiger partial charge in [-0.05, 0) is 98.2 Å². The van der Waals surface area contributed by atoms with Gasteiger partial charge in [0.15, 0.2) is 5.82 Å². The number of anilines is 4. The van der Waals surface area contributed by atoms with Crippen LogP contribution in [-0.4, -0.2) is 53.2 Å². The summed E-state index contributed by atoms with van der Waals surface area (Å²) < 4.78 is 55.2. The van der Waals surface area contributed by atoms with Crippen molar-refractivity contribution >= 4 is 47.2 Å². The van der Waals surface area contributed by atoms with Crippen molar-refractivity contribution in [3.05, 3.63) is 58.7 Å². The number of halogens is 4. The van der Waals surface area contributed by atoms with Crippen molar-refractivity contribution in [2.75, 3.05) is 30.5 Å². The largest absolute Gasteiger partial charge is 0.573 e. The van der Waals surface area contributed by atoms with Crippen LogP contribution in [0.25, 0.3) is 0 Å². The summed E-state index contributed by atoms with van der Waals surface area (Å²) in [7, 11) is -3.01. The van der Waals surface area contributed by atoms with E-state index in [1.54, 1.807) is 0 Å². The number of hydrogen-bond donors (Lipinski definition) is 2. The van der Waals surface area contributed by atoms with E-state index < -0.39 is 19.3 Å². The van der Waals surface area contributed by atoms with Crippen molar-refractivity contribution in [3.8, 4) is 5.75 Å². The Kier molecular flexibility index (Phi) is 6.34. The van der Waals surface area contributed by atoms with Crippen LogP contribution in [0.1, 0.15) is 24.0 Å². The molecule has 7 nitrogen and oxygen atoms in total. The Balaban J connectivity index is 1.07. The minimum Gasteiger partial charge on any atom is -0.406 e. The summed E-state index contributed by atoms with van der Waals surface area (Å²) in [5.41, 5.74) is 3.92. The maximum atomic E-state index is 12.9. The van der Waals surface area contributed by atoms with Crippen LogP contribution >= 0.6 is 18.7 Å². The van der Waals surface area contributed by atoms with Gasteiger partial charge in [-0.15, -0.1) is 13.2 Å². The molecule has 0 spiro atoms. The lowest BCUT2D eigenvalue weighted by molar-refractivity contribution is -0.274. The lowest BCUT2D eigenvalue weighted by atomic mass is 10.0. The molecular formula is C29H30ClF3N5O2P. The van der Waals surface area contributed by atoms with E-state index in [1.807, 2.05) is 6.07 Å². The van der Waals surface area contributed by atoms with E-state index in [0.29, 0.717) is 17.7 Å². The van der Waals surface area contributed by atoms with Gasteiger partial charge < -0.3 is 19.9 Å². The summed E-state index contributed by atoms with van der Waals surface area (Å²) in [6.45, 7) is 4.24. The predicted molar refractivity (Wildman–Crippen MR) is 154 cm³/mol. The molecule has 2 saturated carbocycles. The Morgan fingerprint density at radius 2 is 1.80 bits per heavy atom. The summed E-state index contributed by atoms with van der Waals surface area (Å²) in [6, 6.07) is 11.6. The molecule has 5 aliphatic rings. The third-order valence-corrected chi connectivity index (χ3v) is 10.8. The molecule has 2 N–H and O–H groups in total. The van der Waals surface area contributed by atoms with Crippen molar-refractivity contribution in [2.24, 2.45) is 17.8 Å². The topological polar surface area (TPSA) is 79.4 Å². The maximum Gasteiger partial charge on any atom is 0.573 e. The molecule has 41 heavy (non-hydrogen) atoms. The fourth-order valence-corrected chi connectivity index (χ4v) is 8.19. The van der Waals surface area contributed by atoms with Crippen molar-refractivity contribution in [1.29, 1.82) is 0 Å². The number of benzene rings is 2. The maximum absolute atomic E-state index is 12.9. The molecule has 3 atom stereocenters. The lowest BCUT2D eigenvalue weighted by Gasteiger charge is -2.26. The Labute approximate surface area is 241 Å². The zero-order valence-corrected chi connectivity index (χ0v) is 24.2. The smallest absolute Gasteiger partial charge is 0.406 e. The summed E-state index contributed by atoms with van der Waals surface area (Å²) in [4.78, 5) is 11.6. The third-order valence-electron chi connectivity index (χ3n) is 8.95. The van der Waals surface area contributed by atoms with E-state index in [-0.39, 0.29) is 16.1 Å². The molecule has 3 aromatic rings. The lowest BCUT2D eigenvalue weighted by Crippen LogP contribution is -2.34. The molecule has 2 bridgehead atoms. The number of aryl methyl sites for hydroxylation is 2. The highest BCUT2D eigenvalue weighted by atomic mass is 35.5. The predicted octanol–water partition coefficient (Wildman–Crippen LogP) is 6.57. The van der Waals surface area contributed by atoms with Crippen LogP contribution in [0, 0.1) is 17.8 Å². The molecule has 3 unspecified atom stereocenters. The SMILES string of the molecule is CP(C)(=O)c1cc(OC(F)(F)F)ccc1Nc1nc(Nc2ccc3c(c2)CCC(N2CC4C5C4C52)CC3)ncc1Cl. The Bertz CT molecular complexity index is 1560. The molecule has 4 fully saturated rings. The molecule has 0 radical (unpaired) electrons. The highest BCUT2D eigenvalue weighted by molar-refractivity contribution is 7.70. The second-order valence-electron chi connectivity index (χ2n) is 11.9. The summed E-state index contributed by atoms with van der Waals surface area (Å²) in [6.07, 6.45) is 1.10. The van der Waals surface area contributed by atoms with Crippen LogP contribution in [0.5, 0.6) is 5.75 Å². The first-order valence-electron chi connectivity index (χ1n) is 13.8. The molecular weight excluding hydrogens is 574 g/mol. The van der Waals surface area contributed by atoms with Crippen molar-refractivity contribution in [3.63, 3.8) is 0 Å². The molecule has 12 heteroatoms. The van der Waals surface area contributed by atoms with E-state index in [0.717, 1.165) is 54.5 Å². The van der Waals surface area contributed by atoms with Gasteiger partial charge in [0.05, 0.1) is 11.9 Å². The summed E-state index contributed by atoms with van der Waals surface area (Å²) in [5, 5.41) is 6.67. The summed E-state index contributed by atoms with van der Waals surface area (Å²) in [5.74, 6) is 3.13. The number of ether oxygens (including phenoxy) is 1. The van der Waals surface area contributed by atoms with E-state index in [4.69, 9.17) is 11.6 Å². The van der Waals surface area contributed by atoms with E-state index in [1.165, 1.54) is 56.1 Å². The van der Waals surface area contributed by atoms with Crippen LogP contribution in [0.3, 0.4) is 0 Å². The Hall–Kier alpha value is -2.81. The highest BCUT2D eigenvalue weighted by Crippen LogP contribution is 2.76. The number of nitrogens with zero attached hydrogens (tertiary/aromatic N) is 3. The van der Waals surface area contributed by atoms with Gasteiger partial charge in [0.25, 0.3) is 0 Å². The van der Waals surface area contributed by atoms with Crippen molar-refractivity contribution in [2.45, 2.75) is 44.1 Å². The average molecular weight is 604 g/mol. The quantitative estimate of drug-likeness (QED) is 0.234. The monoisotopic (exact) mass is 603 g/mol. The zero-order chi connectivity index (χ0) is 28.7. The number of piperidine rings is 1. The Morgan fingerprint density at radius 3 is 2.49 bits per heavy atom. The number of alkyl halides is 3. The van der Waals surface area contributed by atoms with E-state index in [9.17, 15) is 17.7 Å². The van der Waals surface area contributed by atoms with Crippen LogP contribution in [0.4, 0.5) is 36.3 Å². The molecule has 2 aromatic carbocycles. The van der Waals surface area contributed by atoms with Gasteiger partial charge in [-0.1, -0.05) is 17.7 Å². The zero-order valence-electron chi connectivity index (χ0n) is 22.6. The molecule has 0 amide bonds. The van der Waals surface area contributed by atoms with Gasteiger partial charge in [0.1, 0.15) is 17.9 Å². The van der Waals surface area contributed by atoms with Gasteiger partial charge in [-0.25, -0.2) is 4.98 Å². The average Bonchev–Trinajstić information content (AvgIpc) is 3.74. The van der Waals surface area contributed by atoms with Crippen LogP contribution in [0.2, 0.25) is 5.02 Å². The molecule has 2 saturated heterocycles. The molecule has 3 aliphatic carbocycles. The Morgan fingerprint density at radius 1 is 1.05 bits per heavy atom. The third kappa shape index (κ3) is 5.30. The van der Waals surface area contributed by atoms with Gasteiger partial charge in [-0.3, -0.25) is 4.90 Å². The van der Waals surface area contributed by atoms with Gasteiger partial charge in [-0.2, -0.15) is 4.98 Å².